The molecule has 35 heavy (non-hydrogen) atoms. The molecule has 0 aliphatic carbocycles. The minimum absolute atomic E-state index is 0.00966. The van der Waals surface area contributed by atoms with Crippen LogP contribution in [0.5, 0.6) is 0 Å². The van der Waals surface area contributed by atoms with Crippen molar-refractivity contribution >= 4 is 17.8 Å². The molecule has 2 aliphatic heterocycles. The Hall–Kier alpha value is -3.64. The maximum absolute atomic E-state index is 14.2. The standard InChI is InChI=1S/C23H25F2N5O5/c1-3-35-23(33)18-16(11-30-8-9-34-12-17(30)22(31)32)27-20(21-26-6-7-29(21)2)28-19(18)13-4-5-14(24)15(25)10-13/h4-7,10,17,19H,3,8-9,11-12H2,1-2H3,(H,27,28)(H,31,32)/t17-,19-/m0/s1. The molecule has 3 heterocycles. The minimum Gasteiger partial charge on any atom is -0.480 e. The number of carboxylic acids is 1. The Morgan fingerprint density at radius 1 is 1.31 bits per heavy atom. The van der Waals surface area contributed by atoms with E-state index < -0.39 is 35.7 Å². The highest BCUT2D eigenvalue weighted by atomic mass is 19.2. The van der Waals surface area contributed by atoms with Crippen LogP contribution in [0.25, 0.3) is 0 Å². The van der Waals surface area contributed by atoms with Crippen molar-refractivity contribution in [3.8, 4) is 0 Å². The number of morpholine rings is 1. The van der Waals surface area contributed by atoms with Crippen molar-refractivity contribution in [2.75, 3.05) is 32.9 Å². The summed E-state index contributed by atoms with van der Waals surface area (Å²) >= 11 is 0. The van der Waals surface area contributed by atoms with Gasteiger partial charge in [0.15, 0.2) is 23.3 Å². The number of nitrogens with one attached hydrogen (secondary N) is 1. The first-order valence-corrected chi connectivity index (χ1v) is 11.0. The molecular weight excluding hydrogens is 464 g/mol. The van der Waals surface area contributed by atoms with Gasteiger partial charge in [-0.2, -0.15) is 0 Å². The number of nitrogens with zero attached hydrogens (tertiary/aromatic N) is 4. The summed E-state index contributed by atoms with van der Waals surface area (Å²) in [5, 5.41) is 12.8. The molecule has 0 saturated carbocycles. The lowest BCUT2D eigenvalue weighted by molar-refractivity contribution is -0.149. The van der Waals surface area contributed by atoms with Crippen molar-refractivity contribution < 1.29 is 33.0 Å². The third-order valence-electron chi connectivity index (χ3n) is 5.80. The number of imidazole rings is 1. The Bertz CT molecular complexity index is 1190. The van der Waals surface area contributed by atoms with Gasteiger partial charge in [-0.15, -0.1) is 0 Å². The fourth-order valence-corrected chi connectivity index (χ4v) is 4.06. The molecule has 1 fully saturated rings. The second kappa shape index (κ2) is 10.3. The quantitative estimate of drug-likeness (QED) is 0.561. The summed E-state index contributed by atoms with van der Waals surface area (Å²) in [6.07, 6.45) is 3.28. The number of esters is 1. The number of hydrogen-bond acceptors (Lipinski definition) is 8. The SMILES string of the molecule is CCOC(=O)C1=C(CN2CCOC[C@H]2C(=O)O)NC(c2nccn2C)=N[C@H]1c1ccc(F)c(F)c1. The first-order valence-electron chi connectivity index (χ1n) is 11.0. The van der Waals surface area contributed by atoms with E-state index in [1.54, 1.807) is 35.8 Å². The first-order chi connectivity index (χ1) is 16.8. The molecule has 0 unspecified atom stereocenters. The van der Waals surface area contributed by atoms with Crippen molar-refractivity contribution in [2.45, 2.75) is 19.0 Å². The smallest absolute Gasteiger partial charge is 0.338 e. The zero-order valence-electron chi connectivity index (χ0n) is 19.2. The number of benzene rings is 1. The van der Waals surface area contributed by atoms with Gasteiger partial charge in [-0.05, 0) is 24.6 Å². The molecular formula is C23H25F2N5O5. The summed E-state index contributed by atoms with van der Waals surface area (Å²) in [6, 6.07) is 1.32. The molecule has 2 N–H and O–H groups in total. The molecule has 1 aromatic heterocycles. The maximum Gasteiger partial charge on any atom is 0.338 e. The number of aliphatic carboxylic acids is 1. The fraction of sp³-hybridized carbons (Fsp3) is 0.391. The van der Waals surface area contributed by atoms with Crippen LogP contribution < -0.4 is 5.32 Å². The lowest BCUT2D eigenvalue weighted by Crippen LogP contribution is -2.52. The van der Waals surface area contributed by atoms with Crippen LogP contribution in [0.15, 0.2) is 46.9 Å². The Morgan fingerprint density at radius 3 is 2.77 bits per heavy atom. The van der Waals surface area contributed by atoms with Crippen LogP contribution in [-0.4, -0.2) is 76.3 Å². The summed E-state index contributed by atoms with van der Waals surface area (Å²) in [4.78, 5) is 35.5. The predicted octanol–water partition coefficient (Wildman–Crippen LogP) is 1.39. The zero-order valence-corrected chi connectivity index (χ0v) is 19.2. The molecule has 12 heteroatoms. The number of hydrogen-bond donors (Lipinski definition) is 2. The average molecular weight is 489 g/mol. The number of aryl methyl sites for hydroxylation is 1. The van der Waals surface area contributed by atoms with E-state index in [4.69, 9.17) is 9.47 Å². The number of aliphatic imine (C=N–C) groups is 1. The van der Waals surface area contributed by atoms with Crippen molar-refractivity contribution in [1.82, 2.24) is 19.8 Å². The Kier molecular flexibility index (Phi) is 7.22. The Morgan fingerprint density at radius 2 is 2.11 bits per heavy atom. The van der Waals surface area contributed by atoms with Crippen LogP contribution >= 0.6 is 0 Å². The molecule has 1 saturated heterocycles. The molecule has 186 valence electrons. The van der Waals surface area contributed by atoms with Gasteiger partial charge in [0.05, 0.1) is 25.4 Å². The van der Waals surface area contributed by atoms with Crippen LogP contribution in [-0.2, 0) is 26.1 Å². The van der Waals surface area contributed by atoms with Crippen LogP contribution in [0, 0.1) is 11.6 Å². The number of carbonyl (C=O) groups excluding carboxylic acids is 1. The van der Waals surface area contributed by atoms with E-state index in [0.717, 1.165) is 12.1 Å². The zero-order chi connectivity index (χ0) is 25.1. The number of aromatic nitrogens is 2. The second-order valence-electron chi connectivity index (χ2n) is 8.05. The van der Waals surface area contributed by atoms with Crippen LogP contribution in [0.1, 0.15) is 24.4 Å². The van der Waals surface area contributed by atoms with E-state index in [-0.39, 0.29) is 36.7 Å². The second-order valence-corrected chi connectivity index (χ2v) is 8.05. The van der Waals surface area contributed by atoms with Gasteiger partial charge in [-0.1, -0.05) is 6.07 Å². The summed E-state index contributed by atoms with van der Waals surface area (Å²) in [7, 11) is 1.76. The molecule has 2 aromatic rings. The highest BCUT2D eigenvalue weighted by molar-refractivity contribution is 6.01. The Balaban J connectivity index is 1.84. The molecule has 2 aliphatic rings. The van der Waals surface area contributed by atoms with E-state index >= 15 is 0 Å². The number of rotatable bonds is 7. The molecule has 1 aromatic carbocycles. The van der Waals surface area contributed by atoms with E-state index in [1.165, 1.54) is 6.07 Å². The summed E-state index contributed by atoms with van der Waals surface area (Å²) in [5.41, 5.74) is 0.639. The van der Waals surface area contributed by atoms with Gasteiger partial charge in [-0.25, -0.2) is 18.6 Å². The topological polar surface area (TPSA) is 118 Å². The highest BCUT2D eigenvalue weighted by Crippen LogP contribution is 2.33. The van der Waals surface area contributed by atoms with Crippen molar-refractivity contribution in [3.05, 3.63) is 64.9 Å². The predicted molar refractivity (Wildman–Crippen MR) is 119 cm³/mol. The van der Waals surface area contributed by atoms with Crippen LogP contribution in [0.3, 0.4) is 0 Å². The number of carboxylic acid groups (broad SMARTS) is 1. The van der Waals surface area contributed by atoms with E-state index in [1.807, 2.05) is 0 Å². The van der Waals surface area contributed by atoms with E-state index in [2.05, 4.69) is 15.3 Å². The summed E-state index contributed by atoms with van der Waals surface area (Å²) < 4.78 is 40.2. The third kappa shape index (κ3) is 5.08. The Labute approximate surface area is 199 Å². The van der Waals surface area contributed by atoms with Crippen molar-refractivity contribution in [3.63, 3.8) is 0 Å². The maximum atomic E-state index is 14.2. The van der Waals surface area contributed by atoms with Crippen LogP contribution in [0.4, 0.5) is 8.78 Å². The molecule has 4 rings (SSSR count). The lowest BCUT2D eigenvalue weighted by atomic mass is 9.94. The normalized spacial score (nSPS) is 20.9. The first kappa shape index (κ1) is 24.5. The highest BCUT2D eigenvalue weighted by Gasteiger charge is 2.37. The molecule has 0 radical (unpaired) electrons. The third-order valence-corrected chi connectivity index (χ3v) is 5.80. The molecule has 0 spiro atoms. The van der Waals surface area contributed by atoms with Gasteiger partial charge in [0, 0.05) is 38.2 Å². The number of amidine groups is 1. The largest absolute Gasteiger partial charge is 0.480 e. The van der Waals surface area contributed by atoms with Crippen LogP contribution in [0.2, 0.25) is 0 Å². The summed E-state index contributed by atoms with van der Waals surface area (Å²) in [6.45, 7) is 2.36. The van der Waals surface area contributed by atoms with E-state index in [9.17, 15) is 23.5 Å². The number of halogens is 2. The minimum atomic E-state index is -1.08. The molecule has 0 amide bonds. The molecule has 2 atom stereocenters. The number of ether oxygens (including phenoxy) is 2. The van der Waals surface area contributed by atoms with Crippen molar-refractivity contribution in [1.29, 1.82) is 0 Å². The van der Waals surface area contributed by atoms with Gasteiger partial charge >= 0.3 is 11.9 Å². The van der Waals surface area contributed by atoms with Gasteiger partial charge < -0.3 is 24.5 Å². The lowest BCUT2D eigenvalue weighted by Gasteiger charge is -2.35. The van der Waals surface area contributed by atoms with E-state index in [0.29, 0.717) is 24.7 Å². The van der Waals surface area contributed by atoms with Gasteiger partial charge in [0.1, 0.15) is 12.1 Å². The summed E-state index contributed by atoms with van der Waals surface area (Å²) in [5.74, 6) is -3.15. The fourth-order valence-electron chi connectivity index (χ4n) is 4.06. The van der Waals surface area contributed by atoms with Crippen molar-refractivity contribution in [2.24, 2.45) is 12.0 Å². The average Bonchev–Trinajstić information content (AvgIpc) is 3.26. The molecule has 10 nitrogen and oxygen atoms in total. The van der Waals surface area contributed by atoms with Gasteiger partial charge in [0.2, 0.25) is 0 Å². The molecule has 0 bridgehead atoms. The monoisotopic (exact) mass is 489 g/mol. The van der Waals surface area contributed by atoms with Gasteiger partial charge in [0.25, 0.3) is 0 Å². The van der Waals surface area contributed by atoms with Gasteiger partial charge in [-0.3, -0.25) is 14.7 Å². The number of carbonyl (C=O) groups is 2.